The number of carbonyl (C=O) groups excluding carboxylic acids is 2. The molecule has 0 atom stereocenters. The van der Waals surface area contributed by atoms with Crippen LogP contribution in [0.25, 0.3) is 16.9 Å². The molecule has 2 aromatic carbocycles. The van der Waals surface area contributed by atoms with Crippen LogP contribution in [0.3, 0.4) is 0 Å². The first-order valence-corrected chi connectivity index (χ1v) is 10.7. The minimum atomic E-state index is -0.342. The van der Waals surface area contributed by atoms with Gasteiger partial charge in [-0.15, -0.1) is 0 Å². The van der Waals surface area contributed by atoms with Gasteiger partial charge in [0.15, 0.2) is 0 Å². The molecule has 1 aliphatic heterocycles. The number of pyridine rings is 1. The molecule has 7 heteroatoms. The number of nitrogens with zero attached hydrogens (tertiary/aromatic N) is 3. The lowest BCUT2D eigenvalue weighted by molar-refractivity contribution is -0.114. The van der Waals surface area contributed by atoms with Crippen molar-refractivity contribution >= 4 is 29.0 Å². The number of anilines is 2. The minimum absolute atomic E-state index is 0.150. The number of carbonyl (C=O) groups is 2. The highest BCUT2D eigenvalue weighted by atomic mass is 19.1. The zero-order chi connectivity index (χ0) is 22.9. The standard InChI is InChI=1S/C26H21FN4O2/c1-2-23(32)30-15-5-6-18-16-19(10-13-21(18)30)26(33)29-25-24(17-8-11-20(27)12-9-17)28-22-7-3-4-14-31(22)25/h2-4,7-14,16H,1,5-6,15H2,(H,29,33). The number of aryl methyl sites for hydroxylation is 1. The van der Waals surface area contributed by atoms with Crippen molar-refractivity contribution < 1.29 is 14.0 Å². The smallest absolute Gasteiger partial charge is 0.256 e. The highest BCUT2D eigenvalue weighted by molar-refractivity contribution is 6.07. The molecule has 6 nitrogen and oxygen atoms in total. The van der Waals surface area contributed by atoms with E-state index in [1.165, 1.54) is 18.2 Å². The summed E-state index contributed by atoms with van der Waals surface area (Å²) in [4.78, 5) is 31.7. The Bertz CT molecular complexity index is 1390. The fourth-order valence-electron chi connectivity index (χ4n) is 4.18. The van der Waals surface area contributed by atoms with E-state index in [2.05, 4.69) is 16.9 Å². The van der Waals surface area contributed by atoms with Gasteiger partial charge in [-0.05, 0) is 79.1 Å². The summed E-state index contributed by atoms with van der Waals surface area (Å²) in [5, 5.41) is 2.99. The van der Waals surface area contributed by atoms with Crippen LogP contribution in [0.2, 0.25) is 0 Å². The molecule has 0 unspecified atom stereocenters. The number of benzene rings is 2. The van der Waals surface area contributed by atoms with Crippen LogP contribution >= 0.6 is 0 Å². The number of amides is 2. The van der Waals surface area contributed by atoms with Gasteiger partial charge in [0, 0.05) is 29.6 Å². The Morgan fingerprint density at radius 2 is 1.91 bits per heavy atom. The van der Waals surface area contributed by atoms with Crippen molar-refractivity contribution in [1.29, 1.82) is 0 Å². The van der Waals surface area contributed by atoms with E-state index in [1.807, 2.05) is 30.5 Å². The molecule has 1 N–H and O–H groups in total. The van der Waals surface area contributed by atoms with Gasteiger partial charge in [0.25, 0.3) is 5.91 Å². The maximum absolute atomic E-state index is 13.5. The number of hydrogen-bond donors (Lipinski definition) is 1. The Kier molecular flexibility index (Phi) is 5.22. The number of fused-ring (bicyclic) bond motifs is 2. The summed E-state index contributed by atoms with van der Waals surface area (Å²) < 4.78 is 15.2. The van der Waals surface area contributed by atoms with Crippen LogP contribution in [0.5, 0.6) is 0 Å². The first kappa shape index (κ1) is 20.6. The van der Waals surface area contributed by atoms with Gasteiger partial charge in [-0.2, -0.15) is 0 Å². The number of rotatable bonds is 4. The topological polar surface area (TPSA) is 66.7 Å². The maximum atomic E-state index is 13.5. The van der Waals surface area contributed by atoms with Crippen LogP contribution in [0.15, 0.2) is 79.5 Å². The third-order valence-corrected chi connectivity index (χ3v) is 5.78. The summed E-state index contributed by atoms with van der Waals surface area (Å²) in [7, 11) is 0. The van der Waals surface area contributed by atoms with Gasteiger partial charge in [0.2, 0.25) is 5.91 Å². The number of aromatic nitrogens is 2. The molecule has 0 saturated carbocycles. The Morgan fingerprint density at radius 3 is 2.70 bits per heavy atom. The van der Waals surface area contributed by atoms with Crippen molar-refractivity contribution in [1.82, 2.24) is 9.38 Å². The largest absolute Gasteiger partial charge is 0.309 e. The molecule has 0 radical (unpaired) electrons. The van der Waals surface area contributed by atoms with Crippen molar-refractivity contribution in [3.63, 3.8) is 0 Å². The third-order valence-electron chi connectivity index (χ3n) is 5.78. The van der Waals surface area contributed by atoms with Crippen molar-refractivity contribution in [3.05, 3.63) is 96.5 Å². The highest BCUT2D eigenvalue weighted by Gasteiger charge is 2.23. The summed E-state index contributed by atoms with van der Waals surface area (Å²) in [6.45, 7) is 4.21. The fourth-order valence-corrected chi connectivity index (χ4v) is 4.18. The van der Waals surface area contributed by atoms with Gasteiger partial charge in [0.1, 0.15) is 23.0 Å². The summed E-state index contributed by atoms with van der Waals surface area (Å²) in [6.07, 6.45) is 4.72. The van der Waals surface area contributed by atoms with Crippen LogP contribution in [-0.2, 0) is 11.2 Å². The molecule has 5 rings (SSSR count). The molecule has 3 heterocycles. The van der Waals surface area contributed by atoms with E-state index in [0.29, 0.717) is 34.8 Å². The number of halogens is 1. The third kappa shape index (κ3) is 3.78. The van der Waals surface area contributed by atoms with Crippen molar-refractivity contribution in [2.45, 2.75) is 12.8 Å². The van der Waals surface area contributed by atoms with E-state index < -0.39 is 0 Å². The monoisotopic (exact) mass is 440 g/mol. The number of nitrogens with one attached hydrogen (secondary N) is 1. The second kappa shape index (κ2) is 8.35. The average molecular weight is 440 g/mol. The molecule has 2 aromatic heterocycles. The first-order valence-electron chi connectivity index (χ1n) is 10.7. The molecule has 0 spiro atoms. The zero-order valence-corrected chi connectivity index (χ0v) is 17.8. The van der Waals surface area contributed by atoms with Gasteiger partial charge in [-0.25, -0.2) is 9.37 Å². The molecule has 0 saturated heterocycles. The molecule has 1 aliphatic rings. The van der Waals surface area contributed by atoms with E-state index in [9.17, 15) is 14.0 Å². The molecular weight excluding hydrogens is 419 g/mol. The second-order valence-electron chi connectivity index (χ2n) is 7.84. The molecule has 0 aliphatic carbocycles. The molecule has 4 aromatic rings. The van der Waals surface area contributed by atoms with Gasteiger partial charge in [-0.3, -0.25) is 14.0 Å². The van der Waals surface area contributed by atoms with Crippen molar-refractivity contribution in [2.75, 3.05) is 16.8 Å². The lowest BCUT2D eigenvalue weighted by Gasteiger charge is -2.28. The lowest BCUT2D eigenvalue weighted by Crippen LogP contribution is -2.34. The predicted molar refractivity (Wildman–Crippen MR) is 126 cm³/mol. The van der Waals surface area contributed by atoms with E-state index in [-0.39, 0.29) is 17.6 Å². The Morgan fingerprint density at radius 1 is 1.09 bits per heavy atom. The van der Waals surface area contributed by atoms with Crippen LogP contribution in [0.1, 0.15) is 22.3 Å². The Labute approximate surface area is 190 Å². The maximum Gasteiger partial charge on any atom is 0.256 e. The molecular formula is C26H21FN4O2. The highest BCUT2D eigenvalue weighted by Crippen LogP contribution is 2.31. The minimum Gasteiger partial charge on any atom is -0.309 e. The summed E-state index contributed by atoms with van der Waals surface area (Å²) in [5.41, 5.74) is 4.15. The Hall–Kier alpha value is -4.26. The SMILES string of the molecule is C=CC(=O)N1CCCc2cc(C(=O)Nc3c(-c4ccc(F)cc4)nc4ccccn34)ccc21. The zero-order valence-electron chi connectivity index (χ0n) is 17.8. The summed E-state index contributed by atoms with van der Waals surface area (Å²) >= 11 is 0. The number of hydrogen-bond acceptors (Lipinski definition) is 3. The molecule has 0 fully saturated rings. The van der Waals surface area contributed by atoms with E-state index in [4.69, 9.17) is 0 Å². The van der Waals surface area contributed by atoms with Gasteiger partial charge < -0.3 is 10.2 Å². The number of imidazole rings is 1. The van der Waals surface area contributed by atoms with Crippen LogP contribution in [0.4, 0.5) is 15.9 Å². The molecule has 164 valence electrons. The van der Waals surface area contributed by atoms with Crippen molar-refractivity contribution in [2.24, 2.45) is 0 Å². The summed E-state index contributed by atoms with van der Waals surface area (Å²) in [5.74, 6) is -0.281. The first-order chi connectivity index (χ1) is 16.0. The molecule has 33 heavy (non-hydrogen) atoms. The predicted octanol–water partition coefficient (Wildman–Crippen LogP) is 4.86. The molecule has 2 amide bonds. The second-order valence-corrected chi connectivity index (χ2v) is 7.84. The molecule has 0 bridgehead atoms. The van der Waals surface area contributed by atoms with Gasteiger partial charge in [0.05, 0.1) is 0 Å². The van der Waals surface area contributed by atoms with E-state index >= 15 is 0 Å². The van der Waals surface area contributed by atoms with Crippen molar-refractivity contribution in [3.8, 4) is 11.3 Å². The van der Waals surface area contributed by atoms with Crippen LogP contribution in [0, 0.1) is 5.82 Å². The van der Waals surface area contributed by atoms with Crippen LogP contribution < -0.4 is 10.2 Å². The van der Waals surface area contributed by atoms with Gasteiger partial charge >= 0.3 is 0 Å². The normalized spacial score (nSPS) is 12.9. The van der Waals surface area contributed by atoms with E-state index in [0.717, 1.165) is 24.1 Å². The van der Waals surface area contributed by atoms with E-state index in [1.54, 1.807) is 33.6 Å². The summed E-state index contributed by atoms with van der Waals surface area (Å²) in [6, 6.07) is 16.9. The van der Waals surface area contributed by atoms with Gasteiger partial charge in [-0.1, -0.05) is 12.6 Å². The Balaban J connectivity index is 1.51. The average Bonchev–Trinajstić information content (AvgIpc) is 3.21. The quantitative estimate of drug-likeness (QED) is 0.461. The fraction of sp³-hybridized carbons (Fsp3) is 0.115. The lowest BCUT2D eigenvalue weighted by atomic mass is 9.98. The van der Waals surface area contributed by atoms with Crippen LogP contribution in [-0.4, -0.2) is 27.7 Å².